The van der Waals surface area contributed by atoms with Crippen molar-refractivity contribution in [1.82, 2.24) is 14.7 Å². The Labute approximate surface area is 120 Å². The highest BCUT2D eigenvalue weighted by Gasteiger charge is 2.26. The van der Waals surface area contributed by atoms with Crippen molar-refractivity contribution in [3.63, 3.8) is 0 Å². The van der Waals surface area contributed by atoms with E-state index in [1.807, 2.05) is 0 Å². The smallest absolute Gasteiger partial charge is 0.0843 e. The zero-order valence-corrected chi connectivity index (χ0v) is 12.4. The van der Waals surface area contributed by atoms with Gasteiger partial charge in [-0.2, -0.15) is 5.10 Å². The SMILES string of the molecule is CCn1nc(CN(C)CC2CC(N)C2)c2ccccc21. The van der Waals surface area contributed by atoms with Crippen LogP contribution in [-0.2, 0) is 13.1 Å². The number of nitrogens with two attached hydrogens (primary N) is 1. The van der Waals surface area contributed by atoms with Crippen LogP contribution in [0.25, 0.3) is 10.9 Å². The van der Waals surface area contributed by atoms with Crippen LogP contribution in [0.2, 0.25) is 0 Å². The second-order valence-corrected chi connectivity index (χ2v) is 6.07. The summed E-state index contributed by atoms with van der Waals surface area (Å²) in [6.07, 6.45) is 2.35. The van der Waals surface area contributed by atoms with Crippen LogP contribution in [0.4, 0.5) is 0 Å². The molecule has 3 rings (SSSR count). The highest BCUT2D eigenvalue weighted by atomic mass is 15.3. The summed E-state index contributed by atoms with van der Waals surface area (Å²) in [5.41, 5.74) is 8.29. The number of benzene rings is 1. The summed E-state index contributed by atoms with van der Waals surface area (Å²) in [5, 5.41) is 6.05. The molecule has 1 fully saturated rings. The van der Waals surface area contributed by atoms with Crippen molar-refractivity contribution in [3.8, 4) is 0 Å². The Balaban J connectivity index is 1.73. The molecule has 1 saturated carbocycles. The van der Waals surface area contributed by atoms with Crippen LogP contribution in [-0.4, -0.2) is 34.3 Å². The van der Waals surface area contributed by atoms with Gasteiger partial charge in [-0.15, -0.1) is 0 Å². The van der Waals surface area contributed by atoms with Gasteiger partial charge in [-0.05, 0) is 38.8 Å². The molecule has 1 aliphatic rings. The summed E-state index contributed by atoms with van der Waals surface area (Å²) in [6, 6.07) is 8.95. The van der Waals surface area contributed by atoms with Gasteiger partial charge in [-0.3, -0.25) is 4.68 Å². The third-order valence-electron chi connectivity index (χ3n) is 4.30. The van der Waals surface area contributed by atoms with Crippen LogP contribution in [0.15, 0.2) is 24.3 Å². The van der Waals surface area contributed by atoms with Crippen molar-refractivity contribution in [1.29, 1.82) is 0 Å². The van der Waals surface area contributed by atoms with Crippen LogP contribution in [0, 0.1) is 5.92 Å². The van der Waals surface area contributed by atoms with Gasteiger partial charge in [0.1, 0.15) is 0 Å². The first kappa shape index (κ1) is 13.6. The third-order valence-corrected chi connectivity index (χ3v) is 4.30. The second kappa shape index (κ2) is 5.54. The Morgan fingerprint density at radius 2 is 2.10 bits per heavy atom. The molecule has 4 nitrogen and oxygen atoms in total. The molecule has 20 heavy (non-hydrogen) atoms. The molecule has 0 bridgehead atoms. The lowest BCUT2D eigenvalue weighted by atomic mass is 9.80. The minimum atomic E-state index is 0.438. The summed E-state index contributed by atoms with van der Waals surface area (Å²) in [6.45, 7) is 5.10. The number of nitrogens with zero attached hydrogens (tertiary/aromatic N) is 3. The molecule has 4 heteroatoms. The molecular weight excluding hydrogens is 248 g/mol. The minimum Gasteiger partial charge on any atom is -0.328 e. The van der Waals surface area contributed by atoms with E-state index in [1.54, 1.807) is 0 Å². The molecule has 1 heterocycles. The van der Waals surface area contributed by atoms with Gasteiger partial charge < -0.3 is 10.6 Å². The van der Waals surface area contributed by atoms with Crippen molar-refractivity contribution in [2.24, 2.45) is 11.7 Å². The summed E-state index contributed by atoms with van der Waals surface area (Å²) in [7, 11) is 2.18. The number of hydrogen-bond donors (Lipinski definition) is 1. The topological polar surface area (TPSA) is 47.1 Å². The lowest BCUT2D eigenvalue weighted by Gasteiger charge is -2.35. The predicted octanol–water partition coefficient (Wildman–Crippen LogP) is 2.23. The molecule has 2 N–H and O–H groups in total. The second-order valence-electron chi connectivity index (χ2n) is 6.07. The average molecular weight is 272 g/mol. The van der Waals surface area contributed by atoms with Gasteiger partial charge in [-0.25, -0.2) is 0 Å². The Bertz CT molecular complexity index is 583. The zero-order valence-electron chi connectivity index (χ0n) is 12.4. The van der Waals surface area contributed by atoms with Gasteiger partial charge in [-0.1, -0.05) is 18.2 Å². The number of fused-ring (bicyclic) bond motifs is 1. The summed E-state index contributed by atoms with van der Waals surface area (Å²) in [5.74, 6) is 0.773. The van der Waals surface area contributed by atoms with Crippen molar-refractivity contribution >= 4 is 10.9 Å². The highest BCUT2D eigenvalue weighted by molar-refractivity contribution is 5.81. The molecule has 0 spiro atoms. The van der Waals surface area contributed by atoms with E-state index in [1.165, 1.54) is 29.4 Å². The third kappa shape index (κ3) is 2.58. The van der Waals surface area contributed by atoms with E-state index in [-0.39, 0.29) is 0 Å². The van der Waals surface area contributed by atoms with E-state index in [9.17, 15) is 0 Å². The van der Waals surface area contributed by atoms with Crippen molar-refractivity contribution < 1.29 is 0 Å². The molecular formula is C16H24N4. The largest absolute Gasteiger partial charge is 0.328 e. The Morgan fingerprint density at radius 1 is 1.35 bits per heavy atom. The zero-order chi connectivity index (χ0) is 14.1. The van der Waals surface area contributed by atoms with E-state index in [4.69, 9.17) is 10.8 Å². The molecule has 0 saturated heterocycles. The Hall–Kier alpha value is -1.39. The molecule has 1 aromatic heterocycles. The molecule has 2 aromatic rings. The predicted molar refractivity (Wildman–Crippen MR) is 82.4 cm³/mol. The monoisotopic (exact) mass is 272 g/mol. The van der Waals surface area contributed by atoms with E-state index in [0.29, 0.717) is 6.04 Å². The van der Waals surface area contributed by atoms with Crippen molar-refractivity contribution in [3.05, 3.63) is 30.0 Å². The molecule has 0 atom stereocenters. The van der Waals surface area contributed by atoms with Crippen LogP contribution in [0.3, 0.4) is 0 Å². The average Bonchev–Trinajstić information content (AvgIpc) is 2.75. The van der Waals surface area contributed by atoms with E-state index < -0.39 is 0 Å². The molecule has 108 valence electrons. The van der Waals surface area contributed by atoms with Crippen LogP contribution < -0.4 is 5.73 Å². The number of rotatable bonds is 5. The van der Waals surface area contributed by atoms with E-state index in [2.05, 4.69) is 47.8 Å². The van der Waals surface area contributed by atoms with E-state index in [0.717, 1.165) is 25.6 Å². The van der Waals surface area contributed by atoms with Crippen molar-refractivity contribution in [2.45, 2.75) is 38.9 Å². The lowest BCUT2D eigenvalue weighted by Crippen LogP contribution is -2.41. The maximum Gasteiger partial charge on any atom is 0.0843 e. The van der Waals surface area contributed by atoms with Gasteiger partial charge in [0.2, 0.25) is 0 Å². The first-order chi connectivity index (χ1) is 9.67. The molecule has 0 radical (unpaired) electrons. The fraction of sp³-hybridized carbons (Fsp3) is 0.562. The van der Waals surface area contributed by atoms with E-state index >= 15 is 0 Å². The minimum absolute atomic E-state index is 0.438. The van der Waals surface area contributed by atoms with Gasteiger partial charge in [0, 0.05) is 31.1 Å². The Morgan fingerprint density at radius 3 is 2.80 bits per heavy atom. The molecule has 1 aliphatic carbocycles. The maximum atomic E-state index is 5.86. The van der Waals surface area contributed by atoms with Gasteiger partial charge in [0.05, 0.1) is 11.2 Å². The first-order valence-corrected chi connectivity index (χ1v) is 7.56. The van der Waals surface area contributed by atoms with Crippen LogP contribution >= 0.6 is 0 Å². The summed E-state index contributed by atoms with van der Waals surface area (Å²) < 4.78 is 2.10. The normalized spacial score (nSPS) is 22.4. The first-order valence-electron chi connectivity index (χ1n) is 7.56. The van der Waals surface area contributed by atoms with Gasteiger partial charge in [0.15, 0.2) is 0 Å². The summed E-state index contributed by atoms with van der Waals surface area (Å²) >= 11 is 0. The highest BCUT2D eigenvalue weighted by Crippen LogP contribution is 2.27. The Kier molecular flexibility index (Phi) is 3.76. The number of hydrogen-bond acceptors (Lipinski definition) is 3. The fourth-order valence-corrected chi connectivity index (χ4v) is 3.25. The number of aryl methyl sites for hydroxylation is 1. The van der Waals surface area contributed by atoms with Gasteiger partial charge >= 0.3 is 0 Å². The molecule has 0 amide bonds. The van der Waals surface area contributed by atoms with Gasteiger partial charge in [0.25, 0.3) is 0 Å². The number of aromatic nitrogens is 2. The molecule has 0 unspecified atom stereocenters. The summed E-state index contributed by atoms with van der Waals surface area (Å²) in [4.78, 5) is 2.38. The molecule has 0 aliphatic heterocycles. The van der Waals surface area contributed by atoms with Crippen LogP contribution in [0.5, 0.6) is 0 Å². The fourth-order valence-electron chi connectivity index (χ4n) is 3.25. The van der Waals surface area contributed by atoms with Crippen molar-refractivity contribution in [2.75, 3.05) is 13.6 Å². The maximum absolute atomic E-state index is 5.86. The standard InChI is InChI=1S/C16H24N4/c1-3-20-16-7-5-4-6-14(16)15(18-20)11-19(2)10-12-8-13(17)9-12/h4-7,12-13H,3,8-11,17H2,1-2H3. The quantitative estimate of drug-likeness (QED) is 0.908. The lowest BCUT2D eigenvalue weighted by molar-refractivity contribution is 0.177. The number of para-hydroxylation sites is 1. The molecule has 1 aromatic carbocycles. The van der Waals surface area contributed by atoms with Crippen LogP contribution in [0.1, 0.15) is 25.5 Å².